The van der Waals surface area contributed by atoms with E-state index < -0.39 is 34.9 Å². The van der Waals surface area contributed by atoms with Crippen LogP contribution < -0.4 is 4.74 Å². The van der Waals surface area contributed by atoms with Gasteiger partial charge in [-0.3, -0.25) is 0 Å². The number of benzene rings is 2. The second-order valence-electron chi connectivity index (χ2n) is 11.1. The van der Waals surface area contributed by atoms with Crippen LogP contribution in [0, 0.1) is 11.3 Å². The number of hydrogen-bond donors (Lipinski definition) is 2. The van der Waals surface area contributed by atoms with Crippen molar-refractivity contribution >= 4 is 28.6 Å². The number of nitrogens with zero attached hydrogens (tertiary/aromatic N) is 2. The molecular weight excluding hydrogens is 533 g/mol. The van der Waals surface area contributed by atoms with Crippen LogP contribution >= 0.6 is 11.6 Å². The van der Waals surface area contributed by atoms with Gasteiger partial charge in [0.25, 0.3) is 0 Å². The first-order chi connectivity index (χ1) is 18.1. The number of methoxy groups -OCH3 is 1. The minimum absolute atomic E-state index is 0.188. The molecule has 1 fully saturated rings. The molecule has 2 N–H and O–H groups in total. The van der Waals surface area contributed by atoms with Gasteiger partial charge in [-0.25, -0.2) is 9.78 Å². The van der Waals surface area contributed by atoms with E-state index in [1.165, 1.54) is 24.1 Å². The smallest absolute Gasteiger partial charge is 0.416 e. The van der Waals surface area contributed by atoms with Crippen molar-refractivity contribution in [1.29, 1.82) is 0 Å². The topological polar surface area (TPSA) is 82.9 Å². The van der Waals surface area contributed by atoms with Gasteiger partial charge in [0.1, 0.15) is 0 Å². The lowest BCUT2D eigenvalue weighted by Crippen LogP contribution is -2.68. The minimum Gasteiger partial charge on any atom is -0.481 e. The standard InChI is InChI=1S/C29H32ClF3N2O4/c1-6-28(38,21-15-35(26(36)37)24(21)27(2,3)4)18-11-12-22-19(14-18)23(30)20(25(34-22)39-5)13-16-7-9-17(10-8-16)29(31,32)33/h7-12,14,21,24,38H,6,13,15H2,1-5H3,(H,36,37). The predicted molar refractivity (Wildman–Crippen MR) is 143 cm³/mol. The number of hydrogen-bond acceptors (Lipinski definition) is 4. The molecule has 0 spiro atoms. The predicted octanol–water partition coefficient (Wildman–Crippen LogP) is 7.13. The van der Waals surface area contributed by atoms with Crippen LogP contribution in [0.3, 0.4) is 0 Å². The zero-order valence-corrected chi connectivity index (χ0v) is 23.2. The quantitative estimate of drug-likeness (QED) is 0.333. The van der Waals surface area contributed by atoms with Crippen LogP contribution in [0.15, 0.2) is 42.5 Å². The van der Waals surface area contributed by atoms with Gasteiger partial charge in [0.05, 0.1) is 28.8 Å². The van der Waals surface area contributed by atoms with Crippen molar-refractivity contribution in [1.82, 2.24) is 9.88 Å². The van der Waals surface area contributed by atoms with Crippen LogP contribution in [0.1, 0.15) is 56.4 Å². The highest BCUT2D eigenvalue weighted by atomic mass is 35.5. The molecule has 3 atom stereocenters. The van der Waals surface area contributed by atoms with Gasteiger partial charge < -0.3 is 19.8 Å². The number of carboxylic acid groups (broad SMARTS) is 1. The van der Waals surface area contributed by atoms with Crippen molar-refractivity contribution in [2.24, 2.45) is 11.3 Å². The Hall–Kier alpha value is -3.04. The van der Waals surface area contributed by atoms with Crippen molar-refractivity contribution in [2.75, 3.05) is 13.7 Å². The first-order valence-electron chi connectivity index (χ1n) is 12.7. The Kier molecular flexibility index (Phi) is 7.55. The Morgan fingerprint density at radius 2 is 1.74 bits per heavy atom. The van der Waals surface area contributed by atoms with Gasteiger partial charge in [-0.15, -0.1) is 0 Å². The number of halogens is 4. The molecule has 0 saturated carbocycles. The number of ether oxygens (including phenoxy) is 1. The molecule has 1 aliphatic heterocycles. The minimum atomic E-state index is -4.43. The third-order valence-electron chi connectivity index (χ3n) is 7.73. The third-order valence-corrected chi connectivity index (χ3v) is 8.16. The molecule has 6 nitrogen and oxygen atoms in total. The molecule has 2 heterocycles. The van der Waals surface area contributed by atoms with E-state index in [1.54, 1.807) is 18.2 Å². The number of alkyl halides is 3. The average molecular weight is 565 g/mol. The van der Waals surface area contributed by atoms with E-state index in [0.717, 1.165) is 12.1 Å². The van der Waals surface area contributed by atoms with E-state index in [0.29, 0.717) is 39.0 Å². The van der Waals surface area contributed by atoms with E-state index in [2.05, 4.69) is 4.98 Å². The van der Waals surface area contributed by atoms with Crippen molar-refractivity contribution in [2.45, 2.75) is 58.4 Å². The molecule has 1 aromatic heterocycles. The summed E-state index contributed by atoms with van der Waals surface area (Å²) in [5.41, 5.74) is -0.230. The summed E-state index contributed by atoms with van der Waals surface area (Å²) < 4.78 is 44.5. The SMILES string of the molecule is CCC(O)(c1ccc2nc(OC)c(Cc3ccc(C(F)(F)F)cc3)c(Cl)c2c1)C1CN(C(=O)O)C1C(C)(C)C. The number of amides is 1. The fraction of sp³-hybridized carbons (Fsp3) is 0.448. The van der Waals surface area contributed by atoms with Crippen LogP contribution in [-0.4, -0.2) is 45.9 Å². The van der Waals surface area contributed by atoms with Crippen LogP contribution in [0.4, 0.5) is 18.0 Å². The highest BCUT2D eigenvalue weighted by Crippen LogP contribution is 2.49. The summed E-state index contributed by atoms with van der Waals surface area (Å²) in [7, 11) is 1.45. The van der Waals surface area contributed by atoms with Gasteiger partial charge in [0, 0.05) is 35.9 Å². The second-order valence-corrected chi connectivity index (χ2v) is 11.5. The van der Waals surface area contributed by atoms with Crippen molar-refractivity contribution in [3.63, 3.8) is 0 Å². The number of carbonyl (C=O) groups is 1. The van der Waals surface area contributed by atoms with Crippen LogP contribution in [0.25, 0.3) is 10.9 Å². The van der Waals surface area contributed by atoms with Crippen molar-refractivity contribution in [3.05, 3.63) is 69.7 Å². The number of pyridine rings is 1. The Bertz CT molecular complexity index is 1390. The van der Waals surface area contributed by atoms with Gasteiger partial charge >= 0.3 is 12.3 Å². The summed E-state index contributed by atoms with van der Waals surface area (Å²) >= 11 is 6.87. The van der Waals surface area contributed by atoms with Crippen LogP contribution in [0.2, 0.25) is 5.02 Å². The fourth-order valence-electron chi connectivity index (χ4n) is 5.71. The summed E-state index contributed by atoms with van der Waals surface area (Å²) in [6.45, 7) is 7.93. The van der Waals surface area contributed by atoms with Gasteiger partial charge in [0.2, 0.25) is 5.88 Å². The van der Waals surface area contributed by atoms with E-state index in [1.807, 2.05) is 27.7 Å². The Balaban J connectivity index is 1.76. The number of rotatable bonds is 6. The lowest BCUT2D eigenvalue weighted by Gasteiger charge is -2.58. The van der Waals surface area contributed by atoms with Crippen LogP contribution in [0.5, 0.6) is 5.88 Å². The average Bonchev–Trinajstić information content (AvgIpc) is 2.83. The van der Waals surface area contributed by atoms with Gasteiger partial charge in [-0.1, -0.05) is 57.5 Å². The summed E-state index contributed by atoms with van der Waals surface area (Å²) in [6.07, 6.45) is -4.91. The summed E-state index contributed by atoms with van der Waals surface area (Å²) in [6, 6.07) is 9.72. The molecule has 39 heavy (non-hydrogen) atoms. The molecule has 1 amide bonds. The maximum Gasteiger partial charge on any atom is 0.416 e. The van der Waals surface area contributed by atoms with E-state index in [-0.39, 0.29) is 24.8 Å². The lowest BCUT2D eigenvalue weighted by atomic mass is 9.63. The normalized spacial score (nSPS) is 19.5. The maximum atomic E-state index is 13.0. The number of aromatic nitrogens is 1. The summed E-state index contributed by atoms with van der Waals surface area (Å²) in [5.74, 6) is -0.0811. The Morgan fingerprint density at radius 3 is 2.26 bits per heavy atom. The van der Waals surface area contributed by atoms with Crippen LogP contribution in [-0.2, 0) is 18.2 Å². The molecule has 1 saturated heterocycles. The lowest BCUT2D eigenvalue weighted by molar-refractivity contribution is -0.148. The molecule has 10 heteroatoms. The second kappa shape index (κ2) is 10.2. The largest absolute Gasteiger partial charge is 0.481 e. The Labute approximate surface area is 230 Å². The molecule has 2 aromatic carbocycles. The zero-order chi connectivity index (χ0) is 28.9. The molecule has 1 aliphatic rings. The van der Waals surface area contributed by atoms with E-state index >= 15 is 0 Å². The van der Waals surface area contributed by atoms with Gasteiger partial charge in [0.15, 0.2) is 0 Å². The summed E-state index contributed by atoms with van der Waals surface area (Å²) in [5, 5.41) is 22.6. The molecular formula is C29H32ClF3N2O4. The number of likely N-dealkylation sites (tertiary alicyclic amines) is 1. The monoisotopic (exact) mass is 564 g/mol. The van der Waals surface area contributed by atoms with E-state index in [4.69, 9.17) is 16.3 Å². The Morgan fingerprint density at radius 1 is 1.13 bits per heavy atom. The van der Waals surface area contributed by atoms with Crippen molar-refractivity contribution in [3.8, 4) is 5.88 Å². The highest BCUT2D eigenvalue weighted by molar-refractivity contribution is 6.36. The van der Waals surface area contributed by atoms with Gasteiger partial charge in [-0.05, 0) is 47.2 Å². The zero-order valence-electron chi connectivity index (χ0n) is 22.4. The molecule has 3 aromatic rings. The van der Waals surface area contributed by atoms with E-state index in [9.17, 15) is 28.2 Å². The first kappa shape index (κ1) is 29.0. The van der Waals surface area contributed by atoms with Crippen molar-refractivity contribution < 1.29 is 32.9 Å². The molecule has 210 valence electrons. The molecule has 4 rings (SSSR count). The van der Waals surface area contributed by atoms with Gasteiger partial charge in [-0.2, -0.15) is 13.2 Å². The maximum absolute atomic E-state index is 13.0. The molecule has 0 radical (unpaired) electrons. The summed E-state index contributed by atoms with van der Waals surface area (Å²) in [4.78, 5) is 17.8. The number of fused-ring (bicyclic) bond motifs is 1. The first-order valence-corrected chi connectivity index (χ1v) is 13.0. The fourth-order valence-corrected chi connectivity index (χ4v) is 6.01. The molecule has 0 aliphatic carbocycles. The molecule has 3 unspecified atom stereocenters. The third kappa shape index (κ3) is 5.26. The molecule has 0 bridgehead atoms. The highest BCUT2D eigenvalue weighted by Gasteiger charge is 2.56. The number of aliphatic hydroxyl groups is 1.